The van der Waals surface area contributed by atoms with Gasteiger partial charge in [0.2, 0.25) is 0 Å². The molecular weight excluding hydrogens is 240 g/mol. The van der Waals surface area contributed by atoms with Crippen molar-refractivity contribution in [2.24, 2.45) is 0 Å². The Bertz CT molecular complexity index is 702. The van der Waals surface area contributed by atoms with Crippen molar-refractivity contribution >= 4 is 5.65 Å². The Hall–Kier alpha value is -2.33. The van der Waals surface area contributed by atoms with Crippen LogP contribution in [0.15, 0.2) is 48.7 Å². The Kier molecular flexibility index (Phi) is 2.93. The number of aliphatic hydroxyl groups excluding tert-OH is 1. The van der Waals surface area contributed by atoms with Crippen LogP contribution in [0.3, 0.4) is 0 Å². The largest absolute Gasteiger partial charge is 0.497 e. The molecule has 0 saturated heterocycles. The summed E-state index contributed by atoms with van der Waals surface area (Å²) in [5, 5.41) is 9.58. The molecule has 0 unspecified atom stereocenters. The van der Waals surface area contributed by atoms with E-state index in [2.05, 4.69) is 4.98 Å². The summed E-state index contributed by atoms with van der Waals surface area (Å²) in [5.41, 5.74) is 3.39. The highest BCUT2D eigenvalue weighted by Gasteiger charge is 2.12. The number of aliphatic hydroxyl groups is 1. The molecule has 0 spiro atoms. The molecule has 96 valence electrons. The molecule has 0 amide bonds. The van der Waals surface area contributed by atoms with Crippen LogP contribution in [-0.2, 0) is 6.61 Å². The van der Waals surface area contributed by atoms with Crippen LogP contribution in [0.1, 0.15) is 5.69 Å². The Morgan fingerprint density at radius 1 is 1.16 bits per heavy atom. The van der Waals surface area contributed by atoms with Crippen LogP contribution >= 0.6 is 0 Å². The van der Waals surface area contributed by atoms with Gasteiger partial charge in [-0.25, -0.2) is 4.98 Å². The zero-order valence-electron chi connectivity index (χ0n) is 10.6. The molecule has 4 nitrogen and oxygen atoms in total. The van der Waals surface area contributed by atoms with E-state index in [1.807, 2.05) is 53.1 Å². The number of ether oxygens (including phenoxy) is 1. The summed E-state index contributed by atoms with van der Waals surface area (Å²) in [7, 11) is 1.64. The maximum absolute atomic E-state index is 9.58. The van der Waals surface area contributed by atoms with Crippen molar-refractivity contribution in [2.45, 2.75) is 6.61 Å². The van der Waals surface area contributed by atoms with Gasteiger partial charge in [-0.3, -0.25) is 0 Å². The van der Waals surface area contributed by atoms with Gasteiger partial charge in [0.15, 0.2) is 0 Å². The molecule has 0 radical (unpaired) electrons. The van der Waals surface area contributed by atoms with Gasteiger partial charge in [-0.15, -0.1) is 0 Å². The molecule has 1 N–H and O–H groups in total. The number of aromatic nitrogens is 2. The molecule has 0 fully saturated rings. The average molecular weight is 254 g/mol. The lowest BCUT2D eigenvalue weighted by molar-refractivity contribution is 0.276. The van der Waals surface area contributed by atoms with Gasteiger partial charge in [-0.1, -0.05) is 6.07 Å². The van der Waals surface area contributed by atoms with Crippen LogP contribution in [0.4, 0.5) is 0 Å². The predicted molar refractivity (Wildman–Crippen MR) is 73.1 cm³/mol. The van der Waals surface area contributed by atoms with Crippen molar-refractivity contribution in [3.8, 4) is 17.0 Å². The highest BCUT2D eigenvalue weighted by atomic mass is 16.5. The summed E-state index contributed by atoms with van der Waals surface area (Å²) in [6.07, 6.45) is 1.90. The van der Waals surface area contributed by atoms with E-state index in [9.17, 15) is 5.11 Å². The Balaban J connectivity index is 2.17. The first kappa shape index (κ1) is 11.7. The maximum atomic E-state index is 9.58. The summed E-state index contributed by atoms with van der Waals surface area (Å²) in [6, 6.07) is 13.4. The Morgan fingerprint density at radius 3 is 2.63 bits per heavy atom. The Morgan fingerprint density at radius 2 is 1.95 bits per heavy atom. The van der Waals surface area contributed by atoms with Gasteiger partial charge in [-0.2, -0.15) is 0 Å². The first-order valence-electron chi connectivity index (χ1n) is 6.04. The van der Waals surface area contributed by atoms with Gasteiger partial charge in [0.05, 0.1) is 25.1 Å². The van der Waals surface area contributed by atoms with E-state index in [4.69, 9.17) is 4.74 Å². The number of rotatable bonds is 3. The fourth-order valence-electron chi connectivity index (χ4n) is 2.18. The number of hydrogen-bond acceptors (Lipinski definition) is 3. The number of benzene rings is 1. The van der Waals surface area contributed by atoms with E-state index >= 15 is 0 Å². The topological polar surface area (TPSA) is 46.8 Å². The quantitative estimate of drug-likeness (QED) is 0.781. The normalized spacial score (nSPS) is 10.8. The van der Waals surface area contributed by atoms with Gasteiger partial charge in [0.1, 0.15) is 11.4 Å². The monoisotopic (exact) mass is 254 g/mol. The van der Waals surface area contributed by atoms with Gasteiger partial charge >= 0.3 is 0 Å². The third-order valence-electron chi connectivity index (χ3n) is 3.14. The number of nitrogens with zero attached hydrogens (tertiary/aromatic N) is 2. The summed E-state index contributed by atoms with van der Waals surface area (Å²) in [4.78, 5) is 4.57. The molecule has 0 bridgehead atoms. The van der Waals surface area contributed by atoms with Crippen molar-refractivity contribution in [1.82, 2.24) is 9.38 Å². The highest BCUT2D eigenvalue weighted by Crippen LogP contribution is 2.26. The third kappa shape index (κ3) is 1.96. The lowest BCUT2D eigenvalue weighted by Gasteiger charge is -2.03. The third-order valence-corrected chi connectivity index (χ3v) is 3.14. The average Bonchev–Trinajstić information content (AvgIpc) is 2.85. The van der Waals surface area contributed by atoms with E-state index in [0.29, 0.717) is 0 Å². The van der Waals surface area contributed by atoms with E-state index in [1.165, 1.54) is 0 Å². The lowest BCUT2D eigenvalue weighted by atomic mass is 10.1. The van der Waals surface area contributed by atoms with Gasteiger partial charge in [-0.05, 0) is 36.4 Å². The fourth-order valence-corrected chi connectivity index (χ4v) is 2.18. The SMILES string of the molecule is COc1ccc(-c2nc3ccccn3c2CO)cc1. The van der Waals surface area contributed by atoms with Crippen LogP contribution in [-0.4, -0.2) is 21.6 Å². The molecule has 0 saturated carbocycles. The van der Waals surface area contributed by atoms with Crippen molar-refractivity contribution in [3.05, 3.63) is 54.4 Å². The lowest BCUT2D eigenvalue weighted by Crippen LogP contribution is -1.93. The number of methoxy groups -OCH3 is 1. The van der Waals surface area contributed by atoms with E-state index < -0.39 is 0 Å². The molecule has 2 aromatic heterocycles. The van der Waals surface area contributed by atoms with Crippen LogP contribution in [0.5, 0.6) is 5.75 Å². The van der Waals surface area contributed by atoms with E-state index in [1.54, 1.807) is 7.11 Å². The highest BCUT2D eigenvalue weighted by molar-refractivity contribution is 5.67. The van der Waals surface area contributed by atoms with Crippen LogP contribution in [0.25, 0.3) is 16.9 Å². The second kappa shape index (κ2) is 4.74. The smallest absolute Gasteiger partial charge is 0.137 e. The first-order valence-corrected chi connectivity index (χ1v) is 6.04. The number of hydrogen-bond donors (Lipinski definition) is 1. The standard InChI is InChI=1S/C15H14N2O2/c1-19-12-7-5-11(6-8-12)15-13(10-18)17-9-3-2-4-14(17)16-15/h2-9,18H,10H2,1H3. The summed E-state index contributed by atoms with van der Waals surface area (Å²) in [6.45, 7) is -0.0491. The van der Waals surface area contributed by atoms with Crippen molar-refractivity contribution in [2.75, 3.05) is 7.11 Å². The Labute approximate surface area is 110 Å². The minimum absolute atomic E-state index is 0.0491. The van der Waals surface area contributed by atoms with Crippen molar-refractivity contribution < 1.29 is 9.84 Å². The van der Waals surface area contributed by atoms with Crippen molar-refractivity contribution in [1.29, 1.82) is 0 Å². The zero-order chi connectivity index (χ0) is 13.2. The molecule has 3 aromatic rings. The molecule has 3 rings (SSSR count). The molecule has 0 aliphatic carbocycles. The molecule has 0 aliphatic rings. The van der Waals surface area contributed by atoms with Gasteiger partial charge in [0.25, 0.3) is 0 Å². The number of pyridine rings is 1. The molecule has 1 aromatic carbocycles. The van der Waals surface area contributed by atoms with Crippen LogP contribution < -0.4 is 4.74 Å². The summed E-state index contributed by atoms with van der Waals surface area (Å²) in [5.74, 6) is 0.804. The first-order chi connectivity index (χ1) is 9.33. The second-order valence-corrected chi connectivity index (χ2v) is 4.22. The molecule has 0 aliphatic heterocycles. The summed E-state index contributed by atoms with van der Waals surface area (Å²) < 4.78 is 7.05. The molecule has 0 atom stereocenters. The molecule has 4 heteroatoms. The second-order valence-electron chi connectivity index (χ2n) is 4.22. The minimum atomic E-state index is -0.0491. The fraction of sp³-hybridized carbons (Fsp3) is 0.133. The number of fused-ring (bicyclic) bond motifs is 1. The van der Waals surface area contributed by atoms with E-state index in [-0.39, 0.29) is 6.61 Å². The van der Waals surface area contributed by atoms with Gasteiger partial charge < -0.3 is 14.2 Å². The summed E-state index contributed by atoms with van der Waals surface area (Å²) >= 11 is 0. The van der Waals surface area contributed by atoms with Crippen LogP contribution in [0, 0.1) is 0 Å². The maximum Gasteiger partial charge on any atom is 0.137 e. The predicted octanol–water partition coefficient (Wildman–Crippen LogP) is 2.50. The zero-order valence-corrected chi connectivity index (χ0v) is 10.6. The van der Waals surface area contributed by atoms with Crippen LogP contribution in [0.2, 0.25) is 0 Å². The minimum Gasteiger partial charge on any atom is -0.497 e. The number of imidazole rings is 1. The molecule has 2 heterocycles. The molecular formula is C15H14N2O2. The van der Waals surface area contributed by atoms with E-state index in [0.717, 1.165) is 28.3 Å². The molecule has 19 heavy (non-hydrogen) atoms. The van der Waals surface area contributed by atoms with Gasteiger partial charge in [0, 0.05) is 11.8 Å². The van der Waals surface area contributed by atoms with Crippen molar-refractivity contribution in [3.63, 3.8) is 0 Å².